The zero-order chi connectivity index (χ0) is 19.7. The summed E-state index contributed by atoms with van der Waals surface area (Å²) in [7, 11) is 1.54. The number of imidazole rings is 1. The van der Waals surface area contributed by atoms with E-state index in [2.05, 4.69) is 9.97 Å². The van der Waals surface area contributed by atoms with Gasteiger partial charge in [0.05, 0.1) is 6.54 Å². The number of fused-ring (bicyclic) bond motifs is 1. The first-order chi connectivity index (χ1) is 13.5. The molecule has 0 spiro atoms. The molecular weight excluding hydrogens is 358 g/mol. The molecule has 1 N–H and O–H groups in total. The van der Waals surface area contributed by atoms with E-state index in [9.17, 15) is 14.4 Å². The molecule has 1 aromatic carbocycles. The minimum Gasteiger partial charge on any atom is -0.309 e. The zero-order valence-electron chi connectivity index (χ0n) is 15.2. The second kappa shape index (κ2) is 7.07. The topological polar surface area (TPSA) is 93.6 Å². The Morgan fingerprint density at radius 1 is 1.07 bits per heavy atom. The maximum absolute atomic E-state index is 12.8. The smallest absolute Gasteiger partial charge is 0.309 e. The lowest BCUT2D eigenvalue weighted by Crippen LogP contribution is -2.35. The minimum absolute atomic E-state index is 0.0511. The molecule has 0 saturated heterocycles. The van der Waals surface area contributed by atoms with Gasteiger partial charge in [-0.25, -0.2) is 9.78 Å². The minimum atomic E-state index is -0.559. The number of rotatable bonds is 5. The fourth-order valence-electron chi connectivity index (χ4n) is 3.13. The molecule has 0 bridgehead atoms. The molecule has 4 aromatic rings. The summed E-state index contributed by atoms with van der Waals surface area (Å²) in [6.07, 6.45) is 3.73. The number of nitrogens with one attached hydrogen (secondary N) is 1. The van der Waals surface area contributed by atoms with E-state index in [1.54, 1.807) is 28.8 Å². The van der Waals surface area contributed by atoms with Crippen molar-refractivity contribution in [3.63, 3.8) is 0 Å². The van der Waals surface area contributed by atoms with Crippen LogP contribution in [0.5, 0.6) is 0 Å². The summed E-state index contributed by atoms with van der Waals surface area (Å²) in [6.45, 7) is 0.301. The number of aryl methyl sites for hydroxylation is 1. The van der Waals surface area contributed by atoms with Crippen LogP contribution in [0.15, 0.2) is 70.5 Å². The molecule has 8 nitrogen and oxygen atoms in total. The highest BCUT2D eigenvalue weighted by atomic mass is 16.2. The fraction of sp³-hybridized carbons (Fsp3) is 0.150. The van der Waals surface area contributed by atoms with E-state index in [-0.39, 0.29) is 23.5 Å². The van der Waals surface area contributed by atoms with Gasteiger partial charge in [0.2, 0.25) is 6.54 Å². The number of carbonyl (C=O) groups excluding carboxylic acids is 1. The molecule has 0 unspecified atom stereocenters. The molecule has 0 aliphatic rings. The highest BCUT2D eigenvalue weighted by molar-refractivity contribution is 5.96. The number of hydrogen-bond donors (Lipinski definition) is 1. The number of nitrogens with zero attached hydrogens (tertiary/aromatic N) is 4. The predicted molar refractivity (Wildman–Crippen MR) is 102 cm³/mol. The summed E-state index contributed by atoms with van der Waals surface area (Å²) in [5, 5.41) is 0. The predicted octanol–water partition coefficient (Wildman–Crippen LogP) is 0.642. The molecule has 4 rings (SSSR count). The van der Waals surface area contributed by atoms with Crippen molar-refractivity contribution in [2.45, 2.75) is 13.1 Å². The molecule has 0 aliphatic heterocycles. The molecule has 0 atom stereocenters. The lowest BCUT2D eigenvalue weighted by molar-refractivity contribution is -0.689. The van der Waals surface area contributed by atoms with E-state index in [0.29, 0.717) is 17.9 Å². The van der Waals surface area contributed by atoms with Crippen molar-refractivity contribution in [1.29, 1.82) is 0 Å². The van der Waals surface area contributed by atoms with Gasteiger partial charge in [0, 0.05) is 24.7 Å². The number of aromatic nitrogens is 5. The number of aromatic amines is 1. The van der Waals surface area contributed by atoms with Crippen molar-refractivity contribution in [3.05, 3.63) is 93.2 Å². The van der Waals surface area contributed by atoms with Gasteiger partial charge in [-0.1, -0.05) is 36.4 Å². The Kier molecular flexibility index (Phi) is 4.44. The summed E-state index contributed by atoms with van der Waals surface area (Å²) >= 11 is 0. The van der Waals surface area contributed by atoms with Gasteiger partial charge in [-0.3, -0.25) is 19.1 Å². The number of benzene rings is 1. The van der Waals surface area contributed by atoms with E-state index >= 15 is 0 Å². The Hall–Kier alpha value is -3.81. The first-order valence-electron chi connectivity index (χ1n) is 8.75. The normalized spacial score (nSPS) is 11.0. The van der Waals surface area contributed by atoms with E-state index < -0.39 is 11.2 Å². The quantitative estimate of drug-likeness (QED) is 0.409. The van der Waals surface area contributed by atoms with Crippen molar-refractivity contribution in [1.82, 2.24) is 19.1 Å². The van der Waals surface area contributed by atoms with E-state index in [1.165, 1.54) is 11.6 Å². The van der Waals surface area contributed by atoms with E-state index in [0.717, 1.165) is 0 Å². The van der Waals surface area contributed by atoms with Gasteiger partial charge in [-0.15, -0.1) is 0 Å². The molecule has 8 heteroatoms. The van der Waals surface area contributed by atoms with E-state index in [1.807, 2.05) is 41.2 Å². The molecule has 0 amide bonds. The molecule has 3 aromatic heterocycles. The monoisotopic (exact) mass is 376 g/mol. The maximum Gasteiger partial charge on any atom is 0.329 e. The average Bonchev–Trinajstić information content (AvgIpc) is 3.06. The number of hydrogen-bond acceptors (Lipinski definition) is 4. The van der Waals surface area contributed by atoms with Gasteiger partial charge in [0.1, 0.15) is 0 Å². The zero-order valence-corrected chi connectivity index (χ0v) is 15.2. The second-order valence-corrected chi connectivity index (χ2v) is 6.44. The summed E-state index contributed by atoms with van der Waals surface area (Å²) < 4.78 is 4.75. The summed E-state index contributed by atoms with van der Waals surface area (Å²) in [4.78, 5) is 44.1. The number of carbonyl (C=O) groups is 1. The molecule has 3 heterocycles. The highest BCUT2D eigenvalue weighted by Gasteiger charge is 2.21. The molecule has 0 aliphatic carbocycles. The van der Waals surface area contributed by atoms with Crippen molar-refractivity contribution < 1.29 is 9.36 Å². The van der Waals surface area contributed by atoms with Crippen molar-refractivity contribution in [3.8, 4) is 0 Å². The van der Waals surface area contributed by atoms with Gasteiger partial charge < -0.3 is 4.57 Å². The fourth-order valence-corrected chi connectivity index (χ4v) is 3.13. The Morgan fingerprint density at radius 3 is 2.46 bits per heavy atom. The van der Waals surface area contributed by atoms with Gasteiger partial charge in [-0.2, -0.15) is 4.57 Å². The Morgan fingerprint density at radius 2 is 1.75 bits per heavy atom. The van der Waals surface area contributed by atoms with Gasteiger partial charge in [0.15, 0.2) is 35.2 Å². The molecule has 0 fully saturated rings. The number of pyridine rings is 1. The van der Waals surface area contributed by atoms with Crippen LogP contribution in [0.25, 0.3) is 11.2 Å². The van der Waals surface area contributed by atoms with Crippen LogP contribution in [0.3, 0.4) is 0 Å². The van der Waals surface area contributed by atoms with Crippen LogP contribution in [0.2, 0.25) is 0 Å². The van der Waals surface area contributed by atoms with Gasteiger partial charge in [0.25, 0.3) is 5.56 Å². The molecule has 0 saturated carbocycles. The average molecular weight is 376 g/mol. The third-order valence-corrected chi connectivity index (χ3v) is 4.58. The first kappa shape index (κ1) is 17.6. The van der Waals surface area contributed by atoms with Crippen LogP contribution in [-0.4, -0.2) is 24.9 Å². The molecule has 28 heavy (non-hydrogen) atoms. The largest absolute Gasteiger partial charge is 0.329 e. The van der Waals surface area contributed by atoms with Crippen LogP contribution in [0, 0.1) is 0 Å². The van der Waals surface area contributed by atoms with Crippen LogP contribution < -0.4 is 15.8 Å². The second-order valence-electron chi connectivity index (χ2n) is 6.44. The first-order valence-corrected chi connectivity index (χ1v) is 8.75. The van der Waals surface area contributed by atoms with Crippen molar-refractivity contribution in [2.75, 3.05) is 0 Å². The Bertz CT molecular complexity index is 1270. The molecule has 140 valence electrons. The highest BCUT2D eigenvalue weighted by Crippen LogP contribution is 2.13. The number of Topliss-reactive ketones (excluding diaryl/α,β-unsaturated/α-hetero) is 1. The molecular formula is C20H18N5O3+. The van der Waals surface area contributed by atoms with Gasteiger partial charge in [-0.05, 0) is 0 Å². The third-order valence-electron chi connectivity index (χ3n) is 4.58. The Labute approximate surface area is 159 Å². The van der Waals surface area contributed by atoms with Crippen LogP contribution in [-0.2, 0) is 20.1 Å². The lowest BCUT2D eigenvalue weighted by Gasteiger charge is -2.07. The van der Waals surface area contributed by atoms with Crippen LogP contribution in [0.1, 0.15) is 16.2 Å². The number of H-pyrrole nitrogens is 1. The maximum atomic E-state index is 12.8. The van der Waals surface area contributed by atoms with Gasteiger partial charge >= 0.3 is 5.69 Å². The SMILES string of the molecule is Cn1c(=O)[nH]c(=O)c2c1nc(C[n+]1ccccc1)n2CC(=O)c1ccccc1. The van der Waals surface area contributed by atoms with Crippen LogP contribution >= 0.6 is 0 Å². The van der Waals surface area contributed by atoms with Crippen molar-refractivity contribution >= 4 is 16.9 Å². The van der Waals surface area contributed by atoms with Crippen molar-refractivity contribution in [2.24, 2.45) is 7.05 Å². The summed E-state index contributed by atoms with van der Waals surface area (Å²) in [6, 6.07) is 14.5. The Balaban J connectivity index is 1.87. The summed E-state index contributed by atoms with van der Waals surface area (Å²) in [5.41, 5.74) is -0.103. The molecule has 0 radical (unpaired) electrons. The third kappa shape index (κ3) is 3.16. The van der Waals surface area contributed by atoms with Crippen LogP contribution in [0.4, 0.5) is 0 Å². The standard InChI is InChI=1S/C20H17N5O3/c1-23-18-17(19(27)22-20(23)28)25(12-15(26)14-8-4-2-5-9-14)16(21-18)13-24-10-6-3-7-11-24/h2-11H,12-13H2,1H3/p+1. The number of ketones is 1. The lowest BCUT2D eigenvalue weighted by atomic mass is 10.1. The van der Waals surface area contributed by atoms with E-state index in [4.69, 9.17) is 0 Å². The summed E-state index contributed by atoms with van der Waals surface area (Å²) in [5.74, 6) is 0.370.